The van der Waals surface area contributed by atoms with Gasteiger partial charge in [-0.2, -0.15) is 0 Å². The van der Waals surface area contributed by atoms with Crippen LogP contribution < -0.4 is 10.6 Å². The van der Waals surface area contributed by atoms with Crippen molar-refractivity contribution in [1.82, 2.24) is 15.0 Å². The lowest BCUT2D eigenvalue weighted by Gasteiger charge is -2.12. The average Bonchev–Trinajstić information content (AvgIpc) is 3.39. The minimum Gasteiger partial charge on any atom is -0.488 e. The van der Waals surface area contributed by atoms with Crippen LogP contribution in [0.5, 0.6) is 0 Å². The highest BCUT2D eigenvalue weighted by Crippen LogP contribution is 2.30. The van der Waals surface area contributed by atoms with Crippen LogP contribution in [0.15, 0.2) is 42.8 Å². The van der Waals surface area contributed by atoms with Gasteiger partial charge >= 0.3 is 0 Å². The van der Waals surface area contributed by atoms with Crippen molar-refractivity contribution in [3.8, 4) is 11.4 Å². The standard InChI is InChI=1S/C20H18ClN5O4/c21-14-4-3-11(24-20(29)16-2-1-7-30-16)8-13(14)18-25-15-9-12(10-22-19(15)26-18)23-17(28)5-6-27/h1,3-4,7-10,16,27H,2,5-6H2,(H,23,28)(H,24,29)(H,22,25,26). The van der Waals surface area contributed by atoms with Crippen molar-refractivity contribution in [3.05, 3.63) is 47.8 Å². The number of aliphatic hydroxyl groups excluding tert-OH is 1. The van der Waals surface area contributed by atoms with E-state index in [9.17, 15) is 9.59 Å². The van der Waals surface area contributed by atoms with E-state index >= 15 is 0 Å². The summed E-state index contributed by atoms with van der Waals surface area (Å²) in [5, 5.41) is 14.7. The second-order valence-corrected chi connectivity index (χ2v) is 7.03. The molecule has 9 nitrogen and oxygen atoms in total. The number of rotatable bonds is 6. The first-order chi connectivity index (χ1) is 14.5. The maximum absolute atomic E-state index is 12.3. The number of carbonyl (C=O) groups is 2. The molecule has 1 aliphatic rings. The number of imidazole rings is 1. The number of pyridine rings is 1. The van der Waals surface area contributed by atoms with Gasteiger partial charge in [0.15, 0.2) is 11.8 Å². The van der Waals surface area contributed by atoms with Crippen LogP contribution in [0, 0.1) is 0 Å². The van der Waals surface area contributed by atoms with Crippen LogP contribution in [0.25, 0.3) is 22.6 Å². The Morgan fingerprint density at radius 3 is 2.90 bits per heavy atom. The number of ether oxygens (including phenoxy) is 1. The zero-order valence-electron chi connectivity index (χ0n) is 15.7. The lowest BCUT2D eigenvalue weighted by atomic mass is 10.1. The number of H-pyrrole nitrogens is 1. The summed E-state index contributed by atoms with van der Waals surface area (Å²) in [6.07, 6.45) is 4.77. The van der Waals surface area contributed by atoms with Crippen molar-refractivity contribution < 1.29 is 19.4 Å². The van der Waals surface area contributed by atoms with Gasteiger partial charge in [-0.1, -0.05) is 11.6 Å². The number of hydrogen-bond donors (Lipinski definition) is 4. The van der Waals surface area contributed by atoms with Gasteiger partial charge in [0.05, 0.1) is 41.7 Å². The highest BCUT2D eigenvalue weighted by Gasteiger charge is 2.21. The quantitative estimate of drug-likeness (QED) is 0.478. The van der Waals surface area contributed by atoms with Crippen LogP contribution >= 0.6 is 11.6 Å². The third-order valence-electron chi connectivity index (χ3n) is 4.43. The van der Waals surface area contributed by atoms with Gasteiger partial charge in [-0.25, -0.2) is 9.97 Å². The zero-order chi connectivity index (χ0) is 21.1. The predicted octanol–water partition coefficient (Wildman–Crippen LogP) is 2.84. The molecule has 0 aliphatic carbocycles. The van der Waals surface area contributed by atoms with Gasteiger partial charge in [0.2, 0.25) is 5.91 Å². The molecule has 0 saturated carbocycles. The number of nitrogens with zero attached hydrogens (tertiary/aromatic N) is 2. The second-order valence-electron chi connectivity index (χ2n) is 6.62. The molecule has 1 aromatic carbocycles. The smallest absolute Gasteiger partial charge is 0.265 e. The number of aromatic nitrogens is 3. The Labute approximate surface area is 176 Å². The molecule has 1 aliphatic heterocycles. The summed E-state index contributed by atoms with van der Waals surface area (Å²) in [7, 11) is 0. The largest absolute Gasteiger partial charge is 0.488 e. The molecular formula is C20H18ClN5O4. The summed E-state index contributed by atoms with van der Waals surface area (Å²) in [4.78, 5) is 35.7. The summed E-state index contributed by atoms with van der Waals surface area (Å²) in [5.41, 5.74) is 2.67. The van der Waals surface area contributed by atoms with Crippen molar-refractivity contribution in [3.63, 3.8) is 0 Å². The number of carbonyl (C=O) groups excluding carboxylic acids is 2. The first-order valence-corrected chi connectivity index (χ1v) is 9.59. The van der Waals surface area contributed by atoms with E-state index < -0.39 is 6.10 Å². The Morgan fingerprint density at radius 1 is 1.27 bits per heavy atom. The fourth-order valence-corrected chi connectivity index (χ4v) is 3.19. The topological polar surface area (TPSA) is 129 Å². The van der Waals surface area contributed by atoms with E-state index in [0.717, 1.165) is 0 Å². The number of benzene rings is 1. The maximum Gasteiger partial charge on any atom is 0.265 e. The Morgan fingerprint density at radius 2 is 2.13 bits per heavy atom. The molecule has 0 bridgehead atoms. The molecular weight excluding hydrogens is 410 g/mol. The molecule has 0 fully saturated rings. The van der Waals surface area contributed by atoms with E-state index in [2.05, 4.69) is 25.6 Å². The molecule has 4 rings (SSSR count). The summed E-state index contributed by atoms with van der Waals surface area (Å²) < 4.78 is 5.23. The van der Waals surface area contributed by atoms with E-state index in [1.165, 1.54) is 12.5 Å². The van der Waals surface area contributed by atoms with Crippen LogP contribution in [0.2, 0.25) is 5.02 Å². The van der Waals surface area contributed by atoms with Crippen molar-refractivity contribution in [1.29, 1.82) is 0 Å². The number of anilines is 2. The van der Waals surface area contributed by atoms with Crippen molar-refractivity contribution in [2.75, 3.05) is 17.2 Å². The monoisotopic (exact) mass is 427 g/mol. The third kappa shape index (κ3) is 4.27. The molecule has 2 aromatic heterocycles. The van der Waals surface area contributed by atoms with Gasteiger partial charge in [0.1, 0.15) is 5.82 Å². The first-order valence-electron chi connectivity index (χ1n) is 9.21. The zero-order valence-corrected chi connectivity index (χ0v) is 16.4. The summed E-state index contributed by atoms with van der Waals surface area (Å²) in [6.45, 7) is -0.232. The van der Waals surface area contributed by atoms with Crippen LogP contribution in [-0.4, -0.2) is 44.6 Å². The molecule has 3 heterocycles. The van der Waals surface area contributed by atoms with Crippen molar-refractivity contribution in [2.45, 2.75) is 18.9 Å². The average molecular weight is 428 g/mol. The van der Waals surface area contributed by atoms with Crippen LogP contribution in [0.3, 0.4) is 0 Å². The number of aromatic amines is 1. The lowest BCUT2D eigenvalue weighted by Crippen LogP contribution is -2.26. The highest BCUT2D eigenvalue weighted by atomic mass is 35.5. The molecule has 0 saturated heterocycles. The van der Waals surface area contributed by atoms with E-state index in [1.807, 2.05) is 0 Å². The van der Waals surface area contributed by atoms with E-state index in [0.29, 0.717) is 45.4 Å². The molecule has 1 atom stereocenters. The Bertz CT molecular complexity index is 1140. The van der Waals surface area contributed by atoms with Crippen molar-refractivity contribution >= 4 is 46.0 Å². The van der Waals surface area contributed by atoms with Gasteiger partial charge < -0.3 is 25.5 Å². The van der Waals surface area contributed by atoms with Gasteiger partial charge in [0.25, 0.3) is 5.91 Å². The Hall–Kier alpha value is -3.43. The molecule has 2 amide bonds. The molecule has 154 valence electrons. The fraction of sp³-hybridized carbons (Fsp3) is 0.200. The molecule has 30 heavy (non-hydrogen) atoms. The molecule has 4 N–H and O–H groups in total. The Kier molecular flexibility index (Phi) is 5.64. The van der Waals surface area contributed by atoms with Crippen LogP contribution in [0.4, 0.5) is 11.4 Å². The molecule has 0 radical (unpaired) electrons. The summed E-state index contributed by atoms with van der Waals surface area (Å²) in [5.74, 6) is -0.0923. The van der Waals surface area contributed by atoms with Crippen molar-refractivity contribution in [2.24, 2.45) is 0 Å². The number of hydrogen-bond acceptors (Lipinski definition) is 6. The number of aliphatic hydroxyl groups is 1. The Balaban J connectivity index is 1.58. The summed E-state index contributed by atoms with van der Waals surface area (Å²) >= 11 is 6.35. The maximum atomic E-state index is 12.3. The number of amides is 2. The number of nitrogens with one attached hydrogen (secondary N) is 3. The lowest BCUT2D eigenvalue weighted by molar-refractivity contribution is -0.123. The first kappa shape index (κ1) is 19.9. The highest BCUT2D eigenvalue weighted by molar-refractivity contribution is 6.33. The summed E-state index contributed by atoms with van der Waals surface area (Å²) in [6, 6.07) is 6.77. The van der Waals surface area contributed by atoms with E-state index in [-0.39, 0.29) is 24.8 Å². The second kappa shape index (κ2) is 8.52. The van der Waals surface area contributed by atoms with Gasteiger partial charge in [-0.15, -0.1) is 0 Å². The minimum absolute atomic E-state index is 0.00232. The number of halogens is 1. The van der Waals surface area contributed by atoms with E-state index in [1.54, 1.807) is 30.3 Å². The van der Waals surface area contributed by atoms with Gasteiger partial charge in [-0.3, -0.25) is 9.59 Å². The predicted molar refractivity (Wildman–Crippen MR) is 112 cm³/mol. The van der Waals surface area contributed by atoms with Crippen LogP contribution in [0.1, 0.15) is 12.8 Å². The molecule has 1 unspecified atom stereocenters. The SMILES string of the molecule is O=C(CCO)Nc1cnc2nc(-c3cc(NC(=O)C4CC=CO4)ccc3Cl)[nH]c2c1. The molecule has 0 spiro atoms. The van der Waals surface area contributed by atoms with Gasteiger partial charge in [-0.05, 0) is 30.3 Å². The molecule has 10 heteroatoms. The van der Waals surface area contributed by atoms with Gasteiger partial charge in [0, 0.05) is 17.7 Å². The number of fused-ring (bicyclic) bond motifs is 1. The minimum atomic E-state index is -0.543. The third-order valence-corrected chi connectivity index (χ3v) is 4.76. The normalized spacial score (nSPS) is 15.2. The van der Waals surface area contributed by atoms with E-state index in [4.69, 9.17) is 21.4 Å². The fourth-order valence-electron chi connectivity index (χ4n) is 2.98. The molecule has 3 aromatic rings. The van der Waals surface area contributed by atoms with Crippen LogP contribution in [-0.2, 0) is 14.3 Å².